The number of likely N-dealkylation sites (N-methyl/N-ethyl adjacent to an activating group) is 1. The molecule has 34 heavy (non-hydrogen) atoms. The van der Waals surface area contributed by atoms with Crippen molar-refractivity contribution in [2.75, 3.05) is 20.7 Å². The second-order valence-corrected chi connectivity index (χ2v) is 8.39. The molecule has 3 aromatic rings. The Balaban J connectivity index is 1.58. The minimum Gasteiger partial charge on any atom is -0.497 e. The number of hydrazone groups is 1. The molecule has 0 saturated carbocycles. The Morgan fingerprint density at radius 1 is 1.12 bits per heavy atom. The predicted octanol–water partition coefficient (Wildman–Crippen LogP) is 4.94. The third-order valence-corrected chi connectivity index (χ3v) is 5.89. The molecule has 0 radical (unpaired) electrons. The molecule has 0 aliphatic carbocycles. The number of benzene rings is 3. The van der Waals surface area contributed by atoms with E-state index in [4.69, 9.17) is 16.3 Å². The summed E-state index contributed by atoms with van der Waals surface area (Å²) in [6.07, 6.45) is 0.501. The molecule has 4 rings (SSSR count). The van der Waals surface area contributed by atoms with E-state index in [9.17, 15) is 14.0 Å². The topological polar surface area (TPSA) is 62.2 Å². The van der Waals surface area contributed by atoms with Gasteiger partial charge in [0.1, 0.15) is 18.1 Å². The first-order valence-corrected chi connectivity index (χ1v) is 11.0. The molecule has 2 amide bonds. The number of carbonyl (C=O) groups excluding carboxylic acids is 2. The smallest absolute Gasteiger partial charge is 0.262 e. The lowest BCUT2D eigenvalue weighted by Gasteiger charge is -2.25. The summed E-state index contributed by atoms with van der Waals surface area (Å²) in [5, 5.41) is 6.63. The van der Waals surface area contributed by atoms with Crippen LogP contribution in [0.2, 0.25) is 5.02 Å². The fourth-order valence-corrected chi connectivity index (χ4v) is 3.96. The Hall–Kier alpha value is -3.71. The highest BCUT2D eigenvalue weighted by Gasteiger charge is 2.34. The molecule has 0 saturated heterocycles. The van der Waals surface area contributed by atoms with Crippen molar-refractivity contribution in [3.63, 3.8) is 0 Å². The van der Waals surface area contributed by atoms with Gasteiger partial charge in [0.05, 0.1) is 18.9 Å². The van der Waals surface area contributed by atoms with Crippen LogP contribution in [0.4, 0.5) is 4.39 Å². The first-order valence-electron chi connectivity index (χ1n) is 10.7. The van der Waals surface area contributed by atoms with E-state index in [1.807, 2.05) is 36.4 Å². The number of hydrogen-bond donors (Lipinski definition) is 0. The molecule has 0 bridgehead atoms. The van der Waals surface area contributed by atoms with Crippen LogP contribution >= 0.6 is 11.6 Å². The fourth-order valence-electron chi connectivity index (χ4n) is 3.83. The summed E-state index contributed by atoms with van der Waals surface area (Å²) in [5.41, 5.74) is 2.67. The number of nitrogens with zero attached hydrogens (tertiary/aromatic N) is 3. The highest BCUT2D eigenvalue weighted by Crippen LogP contribution is 2.33. The van der Waals surface area contributed by atoms with Gasteiger partial charge in [-0.05, 0) is 65.7 Å². The van der Waals surface area contributed by atoms with Crippen molar-refractivity contribution in [2.45, 2.75) is 12.5 Å². The maximum Gasteiger partial charge on any atom is 0.262 e. The first-order chi connectivity index (χ1) is 16.4. The van der Waals surface area contributed by atoms with Crippen molar-refractivity contribution in [3.8, 4) is 5.75 Å². The zero-order valence-corrected chi connectivity index (χ0v) is 19.5. The lowest BCUT2D eigenvalue weighted by Crippen LogP contribution is -2.39. The van der Waals surface area contributed by atoms with Gasteiger partial charge in [-0.2, -0.15) is 5.10 Å². The molecule has 0 fully saturated rings. The Bertz CT molecular complexity index is 1230. The Kier molecular flexibility index (Phi) is 6.93. The van der Waals surface area contributed by atoms with E-state index in [-0.39, 0.29) is 24.1 Å². The van der Waals surface area contributed by atoms with E-state index in [1.165, 1.54) is 35.2 Å². The average molecular weight is 480 g/mol. The molecule has 1 heterocycles. The summed E-state index contributed by atoms with van der Waals surface area (Å²) in [6, 6.07) is 19.8. The number of hydrogen-bond acceptors (Lipinski definition) is 4. The van der Waals surface area contributed by atoms with E-state index in [2.05, 4.69) is 5.10 Å². The van der Waals surface area contributed by atoms with Gasteiger partial charge in [0.25, 0.3) is 11.8 Å². The molecular formula is C26H23ClFN3O3. The second-order valence-electron chi connectivity index (χ2n) is 7.96. The van der Waals surface area contributed by atoms with E-state index in [0.717, 1.165) is 28.7 Å². The van der Waals surface area contributed by atoms with Crippen LogP contribution in [-0.4, -0.2) is 48.1 Å². The summed E-state index contributed by atoms with van der Waals surface area (Å²) in [7, 11) is 3.10. The van der Waals surface area contributed by atoms with Gasteiger partial charge in [0.2, 0.25) is 0 Å². The molecule has 0 spiro atoms. The second kappa shape index (κ2) is 10.1. The summed E-state index contributed by atoms with van der Waals surface area (Å²) >= 11 is 6.05. The SMILES string of the molecule is COc1ccc(C2=NN(C(=O)CN(C)C(=O)c3cccc(F)c3)[C@H](c3ccc(Cl)cc3)C2)cc1. The quantitative estimate of drug-likeness (QED) is 0.503. The molecule has 0 aromatic heterocycles. The molecule has 0 unspecified atom stereocenters. The van der Waals surface area contributed by atoms with Crippen LogP contribution in [-0.2, 0) is 4.79 Å². The van der Waals surface area contributed by atoms with Gasteiger partial charge in [-0.15, -0.1) is 0 Å². The van der Waals surface area contributed by atoms with E-state index in [1.54, 1.807) is 19.2 Å². The Labute approximate surface area is 202 Å². The molecule has 8 heteroatoms. The highest BCUT2D eigenvalue weighted by molar-refractivity contribution is 6.30. The largest absolute Gasteiger partial charge is 0.497 e. The number of carbonyl (C=O) groups is 2. The maximum absolute atomic E-state index is 13.5. The van der Waals surface area contributed by atoms with Crippen LogP contribution in [0.5, 0.6) is 5.75 Å². The molecule has 3 aromatic carbocycles. The van der Waals surface area contributed by atoms with Gasteiger partial charge < -0.3 is 9.64 Å². The van der Waals surface area contributed by atoms with Crippen molar-refractivity contribution in [2.24, 2.45) is 5.10 Å². The standard InChI is InChI=1S/C26H23ClFN3O3/c1-30(26(33)19-4-3-5-21(28)14-19)16-25(32)31-24(18-6-10-20(27)11-7-18)15-23(29-31)17-8-12-22(34-2)13-9-17/h3-14,24H,15-16H2,1-2H3/t24-/m0/s1. The summed E-state index contributed by atoms with van der Waals surface area (Å²) in [4.78, 5) is 27.3. The van der Waals surface area contributed by atoms with Crippen molar-refractivity contribution in [1.82, 2.24) is 9.91 Å². The van der Waals surface area contributed by atoms with Crippen molar-refractivity contribution < 1.29 is 18.7 Å². The predicted molar refractivity (Wildman–Crippen MR) is 129 cm³/mol. The summed E-state index contributed by atoms with van der Waals surface area (Å²) < 4.78 is 18.8. The van der Waals surface area contributed by atoms with Crippen molar-refractivity contribution >= 4 is 29.1 Å². The minimum absolute atomic E-state index is 0.174. The molecular weight excluding hydrogens is 457 g/mol. The monoisotopic (exact) mass is 479 g/mol. The lowest BCUT2D eigenvalue weighted by molar-refractivity contribution is -0.133. The lowest BCUT2D eigenvalue weighted by atomic mass is 9.98. The Morgan fingerprint density at radius 3 is 2.47 bits per heavy atom. The van der Waals surface area contributed by atoms with Crippen LogP contribution in [0.15, 0.2) is 77.9 Å². The van der Waals surface area contributed by atoms with Crippen LogP contribution in [0.1, 0.15) is 33.9 Å². The first kappa shape index (κ1) is 23.4. The van der Waals surface area contributed by atoms with E-state index >= 15 is 0 Å². The van der Waals surface area contributed by atoms with Gasteiger partial charge in [0, 0.05) is 24.1 Å². The van der Waals surface area contributed by atoms with Crippen LogP contribution < -0.4 is 4.74 Å². The number of rotatable bonds is 6. The summed E-state index contributed by atoms with van der Waals surface area (Å²) in [6.45, 7) is -0.209. The molecule has 6 nitrogen and oxygen atoms in total. The molecule has 0 N–H and O–H groups in total. The van der Waals surface area contributed by atoms with Crippen LogP contribution in [0, 0.1) is 5.82 Å². The molecule has 1 aliphatic heterocycles. The number of methoxy groups -OCH3 is 1. The maximum atomic E-state index is 13.5. The Morgan fingerprint density at radius 2 is 1.82 bits per heavy atom. The molecule has 1 atom stereocenters. The molecule has 1 aliphatic rings. The highest BCUT2D eigenvalue weighted by atomic mass is 35.5. The normalized spacial score (nSPS) is 15.1. The zero-order chi connectivity index (χ0) is 24.2. The van der Waals surface area contributed by atoms with Crippen molar-refractivity contribution in [3.05, 3.63) is 100 Å². The number of amides is 2. The van der Waals surface area contributed by atoms with Gasteiger partial charge in [-0.25, -0.2) is 9.40 Å². The van der Waals surface area contributed by atoms with Gasteiger partial charge >= 0.3 is 0 Å². The van der Waals surface area contributed by atoms with E-state index < -0.39 is 11.7 Å². The van der Waals surface area contributed by atoms with Crippen molar-refractivity contribution in [1.29, 1.82) is 0 Å². The average Bonchev–Trinajstić information content (AvgIpc) is 3.29. The summed E-state index contributed by atoms with van der Waals surface area (Å²) in [5.74, 6) is -0.589. The van der Waals surface area contributed by atoms with Gasteiger partial charge in [-0.3, -0.25) is 9.59 Å². The van der Waals surface area contributed by atoms with Crippen LogP contribution in [0.25, 0.3) is 0 Å². The van der Waals surface area contributed by atoms with E-state index in [0.29, 0.717) is 11.4 Å². The number of ether oxygens (including phenoxy) is 1. The zero-order valence-electron chi connectivity index (χ0n) is 18.7. The fraction of sp³-hybridized carbons (Fsp3) is 0.192. The van der Waals surface area contributed by atoms with Crippen LogP contribution in [0.3, 0.4) is 0 Å². The number of halogens is 2. The molecule has 174 valence electrons. The third kappa shape index (κ3) is 5.10. The van der Waals surface area contributed by atoms with Gasteiger partial charge in [-0.1, -0.05) is 29.8 Å². The minimum atomic E-state index is -0.512. The van der Waals surface area contributed by atoms with Gasteiger partial charge in [0.15, 0.2) is 0 Å². The third-order valence-electron chi connectivity index (χ3n) is 5.63.